The van der Waals surface area contributed by atoms with E-state index in [0.717, 1.165) is 23.5 Å². The summed E-state index contributed by atoms with van der Waals surface area (Å²) in [6.07, 6.45) is 0.489. The quantitative estimate of drug-likeness (QED) is 0.146. The van der Waals surface area contributed by atoms with E-state index in [9.17, 15) is 14.5 Å². The number of aryl methyl sites for hydroxylation is 3. The Balaban J connectivity index is 1.39. The molecule has 0 radical (unpaired) electrons. The van der Waals surface area contributed by atoms with Gasteiger partial charge in [-0.15, -0.1) is 0 Å². The fourth-order valence-electron chi connectivity index (χ4n) is 4.39. The van der Waals surface area contributed by atoms with Gasteiger partial charge in [0.2, 0.25) is 11.6 Å². The summed E-state index contributed by atoms with van der Waals surface area (Å²) < 4.78 is 40.9. The van der Waals surface area contributed by atoms with Gasteiger partial charge in [0.15, 0.2) is 22.6 Å². The van der Waals surface area contributed by atoms with E-state index >= 15 is 4.39 Å². The van der Waals surface area contributed by atoms with Crippen molar-refractivity contribution in [2.75, 3.05) is 43.6 Å². The van der Waals surface area contributed by atoms with Crippen LogP contribution in [0.1, 0.15) is 16.8 Å². The van der Waals surface area contributed by atoms with Gasteiger partial charge in [0.1, 0.15) is 5.82 Å². The van der Waals surface area contributed by atoms with Crippen molar-refractivity contribution in [3.63, 3.8) is 0 Å². The van der Waals surface area contributed by atoms with Crippen LogP contribution in [0.2, 0.25) is 0 Å². The fraction of sp³-hybridized carbons (Fsp3) is 0.296. The van der Waals surface area contributed by atoms with Crippen LogP contribution in [0.15, 0.2) is 52.5 Å². The molecule has 0 spiro atoms. The van der Waals surface area contributed by atoms with Crippen LogP contribution in [0, 0.1) is 28.7 Å². The first-order valence-corrected chi connectivity index (χ1v) is 13.6. The number of methoxy groups -OCH3 is 1. The highest BCUT2D eigenvalue weighted by molar-refractivity contribution is 7.99. The Labute approximate surface area is 238 Å². The molecule has 0 aliphatic carbocycles. The van der Waals surface area contributed by atoms with Gasteiger partial charge in [-0.25, -0.2) is 14.4 Å². The van der Waals surface area contributed by atoms with Gasteiger partial charge in [-0.3, -0.25) is 15.2 Å². The third-order valence-corrected chi connectivity index (χ3v) is 7.35. The summed E-state index contributed by atoms with van der Waals surface area (Å²) in [6.45, 7) is 4.16. The number of aromatic nitrogens is 4. The number of nitrogens with zero attached hydrogens (tertiary/aromatic N) is 5. The largest absolute Gasteiger partial charge is 0.490 e. The summed E-state index contributed by atoms with van der Waals surface area (Å²) in [5.41, 5.74) is 1.11. The first kappa shape index (κ1) is 28.2. The van der Waals surface area contributed by atoms with Crippen molar-refractivity contribution in [2.24, 2.45) is 0 Å². The minimum atomic E-state index is -0.868. The highest BCUT2D eigenvalue weighted by Crippen LogP contribution is 2.39. The molecule has 41 heavy (non-hydrogen) atoms. The third kappa shape index (κ3) is 6.55. The minimum Gasteiger partial charge on any atom is -0.490 e. The SMILES string of the molecule is COc1c(Nc2cc(C)[nH]n2)nc(Sc2ccc(CCc3cccc([N+](=O)[O-])c3F)cc2F)nc1N1CCOCC1. The fourth-order valence-corrected chi connectivity index (χ4v) is 5.15. The standard InChI is InChI=1S/C27H27F2N7O4S/c1-16-14-22(34-33-16)30-25-24(39-2)26(35-10-12-40-13-11-35)32-27(31-25)41-21-9-7-17(15-19(21)28)6-8-18-4-3-5-20(23(18)29)36(37)38/h3-5,7,9,14-15H,6,8,10-13H2,1-2H3,(H2,30,31,32,33,34). The molecule has 0 atom stereocenters. The molecule has 0 bridgehead atoms. The number of aromatic amines is 1. The molecule has 14 heteroatoms. The zero-order chi connectivity index (χ0) is 28.9. The lowest BCUT2D eigenvalue weighted by Gasteiger charge is -2.29. The van der Waals surface area contributed by atoms with Gasteiger partial charge >= 0.3 is 5.69 Å². The number of nitro benzene ring substituents is 1. The number of morpholine rings is 1. The summed E-state index contributed by atoms with van der Waals surface area (Å²) >= 11 is 1.06. The Hall–Kier alpha value is -4.30. The van der Waals surface area contributed by atoms with Gasteiger partial charge in [0, 0.05) is 30.9 Å². The van der Waals surface area contributed by atoms with Gasteiger partial charge in [0.05, 0.1) is 30.1 Å². The summed E-state index contributed by atoms with van der Waals surface area (Å²) in [7, 11) is 1.54. The Morgan fingerprint density at radius 2 is 1.98 bits per heavy atom. The average molecular weight is 584 g/mol. The molecule has 1 fully saturated rings. The lowest BCUT2D eigenvalue weighted by Crippen LogP contribution is -2.37. The van der Waals surface area contributed by atoms with E-state index in [1.54, 1.807) is 12.1 Å². The average Bonchev–Trinajstić information content (AvgIpc) is 3.38. The lowest BCUT2D eigenvalue weighted by molar-refractivity contribution is -0.387. The molecule has 2 N–H and O–H groups in total. The zero-order valence-corrected chi connectivity index (χ0v) is 23.1. The van der Waals surface area contributed by atoms with Crippen molar-refractivity contribution in [1.82, 2.24) is 20.2 Å². The highest BCUT2D eigenvalue weighted by atomic mass is 32.2. The lowest BCUT2D eigenvalue weighted by atomic mass is 10.0. The Morgan fingerprint density at radius 3 is 2.66 bits per heavy atom. The maximum atomic E-state index is 15.2. The van der Waals surface area contributed by atoms with E-state index in [4.69, 9.17) is 14.5 Å². The third-order valence-electron chi connectivity index (χ3n) is 6.43. The molecule has 0 saturated carbocycles. The van der Waals surface area contributed by atoms with Crippen molar-refractivity contribution >= 4 is 34.9 Å². The summed E-state index contributed by atoms with van der Waals surface area (Å²) in [6, 6.07) is 10.6. The topological polar surface area (TPSA) is 131 Å². The van der Waals surface area contributed by atoms with E-state index in [1.165, 1.54) is 25.3 Å². The normalized spacial score (nSPS) is 13.3. The Kier molecular flexibility index (Phi) is 8.59. The van der Waals surface area contributed by atoms with Crippen LogP contribution in [-0.4, -0.2) is 58.5 Å². The van der Waals surface area contributed by atoms with Crippen LogP contribution >= 0.6 is 11.8 Å². The van der Waals surface area contributed by atoms with Crippen LogP contribution in [0.5, 0.6) is 5.75 Å². The van der Waals surface area contributed by atoms with Crippen molar-refractivity contribution in [1.29, 1.82) is 0 Å². The molecule has 0 amide bonds. The zero-order valence-electron chi connectivity index (χ0n) is 22.3. The number of H-pyrrole nitrogens is 1. The molecule has 0 unspecified atom stereocenters. The van der Waals surface area contributed by atoms with Crippen LogP contribution in [0.3, 0.4) is 0 Å². The summed E-state index contributed by atoms with van der Waals surface area (Å²) in [5.74, 6) is 0.553. The number of hydrogen-bond acceptors (Lipinski definition) is 10. The number of benzene rings is 2. The second kappa shape index (κ2) is 12.5. The summed E-state index contributed by atoms with van der Waals surface area (Å²) in [4.78, 5) is 21.9. The predicted octanol–water partition coefficient (Wildman–Crippen LogP) is 5.22. The second-order valence-corrected chi connectivity index (χ2v) is 10.3. The molecule has 2 aromatic carbocycles. The van der Waals surface area contributed by atoms with Crippen molar-refractivity contribution < 1.29 is 23.2 Å². The first-order valence-electron chi connectivity index (χ1n) is 12.8. The van der Waals surface area contributed by atoms with Gasteiger partial charge in [0.25, 0.3) is 0 Å². The minimum absolute atomic E-state index is 0.186. The van der Waals surface area contributed by atoms with E-state index in [0.29, 0.717) is 71.5 Å². The van der Waals surface area contributed by atoms with Crippen LogP contribution in [-0.2, 0) is 17.6 Å². The van der Waals surface area contributed by atoms with Crippen molar-refractivity contribution in [2.45, 2.75) is 29.8 Å². The van der Waals surface area contributed by atoms with Gasteiger partial charge in [-0.2, -0.15) is 9.49 Å². The molecule has 2 aromatic heterocycles. The highest BCUT2D eigenvalue weighted by Gasteiger charge is 2.24. The smallest absolute Gasteiger partial charge is 0.305 e. The second-order valence-electron chi connectivity index (χ2n) is 9.25. The van der Waals surface area contributed by atoms with Gasteiger partial charge in [-0.1, -0.05) is 18.2 Å². The number of anilines is 3. The number of ether oxygens (including phenoxy) is 2. The molecular formula is C27H27F2N7O4S. The maximum Gasteiger partial charge on any atom is 0.305 e. The van der Waals surface area contributed by atoms with Gasteiger partial charge < -0.3 is 19.7 Å². The van der Waals surface area contributed by atoms with Crippen LogP contribution in [0.25, 0.3) is 0 Å². The number of rotatable bonds is 10. The monoisotopic (exact) mass is 583 g/mol. The number of nitro groups is 1. The van der Waals surface area contributed by atoms with Crippen LogP contribution < -0.4 is 15.0 Å². The van der Waals surface area contributed by atoms with Crippen LogP contribution in [0.4, 0.5) is 31.9 Å². The molecule has 1 aliphatic rings. The van der Waals surface area contributed by atoms with E-state index < -0.39 is 22.2 Å². The molecule has 5 rings (SSSR count). The van der Waals surface area contributed by atoms with Crippen molar-refractivity contribution in [3.05, 3.63) is 81.0 Å². The maximum absolute atomic E-state index is 15.2. The number of nitrogens with one attached hydrogen (secondary N) is 2. The number of hydrogen-bond donors (Lipinski definition) is 2. The first-order chi connectivity index (χ1) is 19.8. The van der Waals surface area contributed by atoms with E-state index in [2.05, 4.69) is 20.5 Å². The van der Waals surface area contributed by atoms with E-state index in [1.807, 2.05) is 17.9 Å². The Morgan fingerprint density at radius 1 is 1.17 bits per heavy atom. The Bertz CT molecular complexity index is 1560. The number of halogens is 2. The summed E-state index contributed by atoms with van der Waals surface area (Å²) in [5, 5.41) is 21.6. The van der Waals surface area contributed by atoms with E-state index in [-0.39, 0.29) is 12.0 Å². The molecular weight excluding hydrogens is 556 g/mol. The molecule has 3 heterocycles. The van der Waals surface area contributed by atoms with Gasteiger partial charge in [-0.05, 0) is 54.8 Å². The molecule has 214 valence electrons. The molecule has 4 aromatic rings. The molecule has 11 nitrogen and oxygen atoms in total. The predicted molar refractivity (Wildman–Crippen MR) is 149 cm³/mol. The molecule has 1 aliphatic heterocycles. The molecule has 1 saturated heterocycles. The van der Waals surface area contributed by atoms with Crippen molar-refractivity contribution in [3.8, 4) is 5.75 Å².